The van der Waals surface area contributed by atoms with Crippen molar-refractivity contribution in [1.82, 2.24) is 0 Å². The zero-order valence-corrected chi connectivity index (χ0v) is 9.18. The van der Waals surface area contributed by atoms with E-state index in [-0.39, 0.29) is 5.56 Å². The highest BCUT2D eigenvalue weighted by molar-refractivity contribution is 6.09. The Hall–Kier alpha value is -2.24. The van der Waals surface area contributed by atoms with Gasteiger partial charge >= 0.3 is 0 Å². The average Bonchev–Trinajstić information content (AvgIpc) is 2.44. The van der Waals surface area contributed by atoms with Crippen LogP contribution in [0.4, 0.5) is 22.0 Å². The Morgan fingerprint density at radius 1 is 0.684 bits per heavy atom. The minimum atomic E-state index is -2.29. The lowest BCUT2D eigenvalue weighted by molar-refractivity contribution is 0.102. The third-order valence-electron chi connectivity index (χ3n) is 2.47. The van der Waals surface area contributed by atoms with E-state index in [0.717, 1.165) is 0 Å². The normalized spacial score (nSPS) is 10.6. The number of halogens is 5. The van der Waals surface area contributed by atoms with Gasteiger partial charge in [0.25, 0.3) is 0 Å². The van der Waals surface area contributed by atoms with E-state index in [4.69, 9.17) is 0 Å². The van der Waals surface area contributed by atoms with Gasteiger partial charge in [-0.05, 0) is 0 Å². The average molecular weight is 272 g/mol. The molecule has 0 fully saturated rings. The first kappa shape index (κ1) is 13.2. The maximum Gasteiger partial charge on any atom is 0.200 e. The van der Waals surface area contributed by atoms with Crippen molar-refractivity contribution < 1.29 is 26.7 Å². The Labute approximate surface area is 104 Å². The molecule has 0 aliphatic carbocycles. The largest absolute Gasteiger partial charge is 0.288 e. The molecule has 2 aromatic rings. The molecule has 98 valence electrons. The Morgan fingerprint density at radius 2 is 1.11 bits per heavy atom. The lowest BCUT2D eigenvalue weighted by Gasteiger charge is -2.07. The van der Waals surface area contributed by atoms with E-state index < -0.39 is 40.4 Å². The molecule has 0 amide bonds. The highest BCUT2D eigenvalue weighted by Crippen LogP contribution is 2.25. The predicted molar refractivity (Wildman–Crippen MR) is 56.1 cm³/mol. The molecule has 2 rings (SSSR count). The Balaban J connectivity index is 2.67. The van der Waals surface area contributed by atoms with Crippen LogP contribution in [0.25, 0.3) is 0 Å². The van der Waals surface area contributed by atoms with Gasteiger partial charge in [0.05, 0.1) is 0 Å². The summed E-state index contributed by atoms with van der Waals surface area (Å²) in [5, 5.41) is 0. The van der Waals surface area contributed by atoms with Crippen molar-refractivity contribution in [2.24, 2.45) is 0 Å². The molecule has 0 bridgehead atoms. The molecule has 6 heteroatoms. The first-order chi connectivity index (χ1) is 8.95. The van der Waals surface area contributed by atoms with Crippen molar-refractivity contribution in [2.45, 2.75) is 0 Å². The second-order valence-corrected chi connectivity index (χ2v) is 3.64. The third-order valence-corrected chi connectivity index (χ3v) is 2.47. The molecule has 0 radical (unpaired) electrons. The number of hydrogen-bond donors (Lipinski definition) is 0. The molecule has 0 saturated heterocycles. The van der Waals surface area contributed by atoms with E-state index in [1.165, 1.54) is 30.3 Å². The van der Waals surface area contributed by atoms with Crippen LogP contribution >= 0.6 is 0 Å². The zero-order chi connectivity index (χ0) is 14.2. The molecule has 1 nitrogen and oxygen atoms in total. The highest BCUT2D eigenvalue weighted by atomic mass is 19.2. The van der Waals surface area contributed by atoms with Crippen LogP contribution in [-0.2, 0) is 0 Å². The number of carbonyl (C=O) groups excluding carboxylic acids is 1. The molecule has 0 atom stereocenters. The SMILES string of the molecule is O=C(c1ccccc1)c1c(F)c(F)c(F)c(F)c1F. The molecule has 2 aromatic carbocycles. The number of hydrogen-bond acceptors (Lipinski definition) is 1. The van der Waals surface area contributed by atoms with Crippen molar-refractivity contribution in [2.75, 3.05) is 0 Å². The molecule has 0 heterocycles. The van der Waals surface area contributed by atoms with Gasteiger partial charge in [-0.3, -0.25) is 4.79 Å². The van der Waals surface area contributed by atoms with Gasteiger partial charge in [0.2, 0.25) is 5.82 Å². The van der Waals surface area contributed by atoms with Crippen LogP contribution in [0.2, 0.25) is 0 Å². The molecule has 0 spiro atoms. The quantitative estimate of drug-likeness (QED) is 0.353. The standard InChI is InChI=1S/C13H5F5O/c14-8-7(9(15)11(17)12(18)10(8)16)13(19)6-4-2-1-3-5-6/h1-5H. The van der Waals surface area contributed by atoms with Gasteiger partial charge in [0, 0.05) is 5.56 Å². The van der Waals surface area contributed by atoms with Crippen molar-refractivity contribution in [1.29, 1.82) is 0 Å². The van der Waals surface area contributed by atoms with Gasteiger partial charge < -0.3 is 0 Å². The number of ketones is 1. The minimum absolute atomic E-state index is 0.175. The first-order valence-corrected chi connectivity index (χ1v) is 5.06. The van der Waals surface area contributed by atoms with Crippen LogP contribution in [0, 0.1) is 29.1 Å². The smallest absolute Gasteiger partial charge is 0.200 e. The van der Waals surface area contributed by atoms with Crippen molar-refractivity contribution in [3.63, 3.8) is 0 Å². The fourth-order valence-corrected chi connectivity index (χ4v) is 1.54. The van der Waals surface area contributed by atoms with Crippen molar-refractivity contribution >= 4 is 5.78 Å². The zero-order valence-electron chi connectivity index (χ0n) is 9.18. The summed E-state index contributed by atoms with van der Waals surface area (Å²) in [6, 6.07) is 6.76. The van der Waals surface area contributed by atoms with Crippen molar-refractivity contribution in [3.05, 3.63) is 70.5 Å². The molecule has 0 aromatic heterocycles. The second-order valence-electron chi connectivity index (χ2n) is 3.64. The summed E-state index contributed by atoms with van der Waals surface area (Å²) in [5.41, 5.74) is -1.63. The van der Waals surface area contributed by atoms with Crippen LogP contribution in [0.1, 0.15) is 15.9 Å². The molecular weight excluding hydrogens is 267 g/mol. The summed E-state index contributed by atoms with van der Waals surface area (Å²) >= 11 is 0. The van der Waals surface area contributed by atoms with Crippen LogP contribution in [0.3, 0.4) is 0 Å². The Bertz CT molecular complexity index is 623. The maximum atomic E-state index is 13.4. The van der Waals surface area contributed by atoms with Crippen LogP contribution in [-0.4, -0.2) is 5.78 Å². The van der Waals surface area contributed by atoms with E-state index in [9.17, 15) is 26.7 Å². The van der Waals surface area contributed by atoms with E-state index in [0.29, 0.717) is 0 Å². The maximum absolute atomic E-state index is 13.4. The fourth-order valence-electron chi connectivity index (χ4n) is 1.54. The number of carbonyl (C=O) groups is 1. The monoisotopic (exact) mass is 272 g/mol. The Morgan fingerprint density at radius 3 is 1.58 bits per heavy atom. The third kappa shape index (κ3) is 2.09. The molecule has 0 N–H and O–H groups in total. The first-order valence-electron chi connectivity index (χ1n) is 5.06. The summed E-state index contributed by atoms with van der Waals surface area (Å²) < 4.78 is 65.5. The molecule has 19 heavy (non-hydrogen) atoms. The van der Waals surface area contributed by atoms with Gasteiger partial charge in [0.1, 0.15) is 5.56 Å². The van der Waals surface area contributed by atoms with Gasteiger partial charge in [0.15, 0.2) is 29.1 Å². The molecule has 0 saturated carbocycles. The van der Waals surface area contributed by atoms with E-state index >= 15 is 0 Å². The number of rotatable bonds is 2. The molecule has 0 aliphatic rings. The lowest BCUT2D eigenvalue weighted by atomic mass is 10.0. The van der Waals surface area contributed by atoms with Crippen molar-refractivity contribution in [3.8, 4) is 0 Å². The predicted octanol–water partition coefficient (Wildman–Crippen LogP) is 3.61. The van der Waals surface area contributed by atoms with Crippen LogP contribution in [0.15, 0.2) is 30.3 Å². The number of benzene rings is 2. The topological polar surface area (TPSA) is 17.1 Å². The highest BCUT2D eigenvalue weighted by Gasteiger charge is 2.29. The van der Waals surface area contributed by atoms with Crippen LogP contribution in [0.5, 0.6) is 0 Å². The fraction of sp³-hybridized carbons (Fsp3) is 0. The molecule has 0 aliphatic heterocycles. The van der Waals surface area contributed by atoms with E-state index in [1.54, 1.807) is 0 Å². The minimum Gasteiger partial charge on any atom is -0.288 e. The summed E-state index contributed by atoms with van der Waals surface area (Å²) in [6.07, 6.45) is 0. The summed E-state index contributed by atoms with van der Waals surface area (Å²) in [7, 11) is 0. The van der Waals surface area contributed by atoms with Gasteiger partial charge in [-0.15, -0.1) is 0 Å². The van der Waals surface area contributed by atoms with Gasteiger partial charge in [-0.25, -0.2) is 22.0 Å². The molecule has 0 unspecified atom stereocenters. The van der Waals surface area contributed by atoms with Gasteiger partial charge in [-0.2, -0.15) is 0 Å². The summed E-state index contributed by atoms with van der Waals surface area (Å²) in [5.74, 6) is -12.1. The van der Waals surface area contributed by atoms with E-state index in [1.807, 2.05) is 0 Å². The summed E-state index contributed by atoms with van der Waals surface area (Å²) in [6.45, 7) is 0. The second kappa shape index (κ2) is 4.79. The lowest BCUT2D eigenvalue weighted by Crippen LogP contribution is -2.13. The van der Waals surface area contributed by atoms with Gasteiger partial charge in [-0.1, -0.05) is 30.3 Å². The summed E-state index contributed by atoms with van der Waals surface area (Å²) in [4.78, 5) is 11.8. The van der Waals surface area contributed by atoms with E-state index in [2.05, 4.69) is 0 Å². The molecular formula is C13H5F5O. The van der Waals surface area contributed by atoms with Crippen LogP contribution < -0.4 is 0 Å². The Kier molecular flexibility index (Phi) is 3.33.